The van der Waals surface area contributed by atoms with E-state index < -0.39 is 0 Å². The fourth-order valence-corrected chi connectivity index (χ4v) is 2.43. The average Bonchev–Trinajstić information content (AvgIpc) is 2.51. The van der Waals surface area contributed by atoms with Crippen LogP contribution in [0, 0.1) is 11.7 Å². The molecule has 1 N–H and O–H groups in total. The summed E-state index contributed by atoms with van der Waals surface area (Å²) in [6.07, 6.45) is 5.90. The molecule has 1 saturated carbocycles. The summed E-state index contributed by atoms with van der Waals surface area (Å²) in [6.45, 7) is 0.490. The molecule has 1 fully saturated rings. The van der Waals surface area contributed by atoms with Crippen molar-refractivity contribution in [2.45, 2.75) is 25.9 Å². The van der Waals surface area contributed by atoms with E-state index >= 15 is 0 Å². The van der Waals surface area contributed by atoms with E-state index in [1.807, 2.05) is 30.3 Å². The molecule has 0 spiro atoms. The van der Waals surface area contributed by atoms with Gasteiger partial charge in [-0.05, 0) is 54.2 Å². The smallest absolute Gasteiger partial charge is 0.123 e. The molecule has 0 aliphatic heterocycles. The molecule has 0 saturated heterocycles. The standard InChI is InChI=1S/C19H20FNO/c20-18-11-9-17(10-12-18)19(13-15-7-4-8-15)21-22-14-16-5-2-1-3-6-16/h1-3,5-6,9-13,15,21H,4,7-8,14H2. The molecule has 0 bridgehead atoms. The van der Waals surface area contributed by atoms with Gasteiger partial charge in [-0.25, -0.2) is 4.39 Å². The van der Waals surface area contributed by atoms with Gasteiger partial charge in [-0.2, -0.15) is 0 Å². The number of rotatable bonds is 6. The topological polar surface area (TPSA) is 21.3 Å². The minimum atomic E-state index is -0.225. The predicted octanol–water partition coefficient (Wildman–Crippen LogP) is 4.69. The van der Waals surface area contributed by atoms with E-state index in [0.717, 1.165) is 16.8 Å². The van der Waals surface area contributed by atoms with Gasteiger partial charge in [0.05, 0.1) is 12.3 Å². The Morgan fingerprint density at radius 2 is 1.82 bits per heavy atom. The molecule has 2 aromatic carbocycles. The third-order valence-corrected chi connectivity index (χ3v) is 3.97. The van der Waals surface area contributed by atoms with Crippen LogP contribution >= 0.6 is 0 Å². The maximum absolute atomic E-state index is 13.1. The molecule has 2 aromatic rings. The predicted molar refractivity (Wildman–Crippen MR) is 86.1 cm³/mol. The highest BCUT2D eigenvalue weighted by Crippen LogP contribution is 2.30. The summed E-state index contributed by atoms with van der Waals surface area (Å²) in [5.74, 6) is 0.366. The van der Waals surface area contributed by atoms with Crippen molar-refractivity contribution in [3.63, 3.8) is 0 Å². The Morgan fingerprint density at radius 1 is 1.09 bits per heavy atom. The SMILES string of the molecule is Fc1ccc(C(=CC2CCC2)NOCc2ccccc2)cc1. The van der Waals surface area contributed by atoms with Crippen molar-refractivity contribution in [1.82, 2.24) is 5.48 Å². The zero-order valence-electron chi connectivity index (χ0n) is 12.5. The number of nitrogens with one attached hydrogen (secondary N) is 1. The summed E-state index contributed by atoms with van der Waals surface area (Å²) in [7, 11) is 0. The molecule has 0 atom stereocenters. The molecule has 0 heterocycles. The molecule has 2 nitrogen and oxygen atoms in total. The molecular formula is C19H20FNO. The first-order valence-corrected chi connectivity index (χ1v) is 7.71. The largest absolute Gasteiger partial charge is 0.271 e. The van der Waals surface area contributed by atoms with Crippen LogP contribution < -0.4 is 5.48 Å². The molecule has 0 radical (unpaired) electrons. The minimum Gasteiger partial charge on any atom is -0.271 e. The molecule has 114 valence electrons. The van der Waals surface area contributed by atoms with Crippen LogP contribution in [0.4, 0.5) is 4.39 Å². The maximum atomic E-state index is 13.1. The monoisotopic (exact) mass is 297 g/mol. The van der Waals surface area contributed by atoms with Crippen molar-refractivity contribution in [2.24, 2.45) is 5.92 Å². The molecule has 22 heavy (non-hydrogen) atoms. The molecule has 1 aliphatic rings. The van der Waals surface area contributed by atoms with E-state index in [-0.39, 0.29) is 5.82 Å². The second kappa shape index (κ2) is 7.23. The van der Waals surface area contributed by atoms with Gasteiger partial charge < -0.3 is 0 Å². The van der Waals surface area contributed by atoms with Gasteiger partial charge in [0.2, 0.25) is 0 Å². The lowest BCUT2D eigenvalue weighted by atomic mass is 9.84. The molecule has 1 aliphatic carbocycles. The van der Waals surface area contributed by atoms with Gasteiger partial charge in [0.1, 0.15) is 5.82 Å². The zero-order chi connectivity index (χ0) is 15.2. The fraction of sp³-hybridized carbons (Fsp3) is 0.263. The second-order valence-electron chi connectivity index (χ2n) is 5.65. The van der Waals surface area contributed by atoms with Gasteiger partial charge >= 0.3 is 0 Å². The van der Waals surface area contributed by atoms with E-state index in [1.54, 1.807) is 12.1 Å². The normalized spacial score (nSPS) is 15.4. The lowest BCUT2D eigenvalue weighted by Gasteiger charge is -2.23. The average molecular weight is 297 g/mol. The van der Waals surface area contributed by atoms with Crippen LogP contribution in [0.2, 0.25) is 0 Å². The highest BCUT2D eigenvalue weighted by atomic mass is 19.1. The zero-order valence-corrected chi connectivity index (χ0v) is 12.5. The van der Waals surface area contributed by atoms with Crippen LogP contribution in [-0.2, 0) is 11.4 Å². The van der Waals surface area contributed by atoms with Gasteiger partial charge in [0, 0.05) is 0 Å². The Morgan fingerprint density at radius 3 is 2.45 bits per heavy atom. The molecular weight excluding hydrogens is 277 g/mol. The highest BCUT2D eigenvalue weighted by molar-refractivity contribution is 5.63. The molecule has 0 amide bonds. The van der Waals surface area contributed by atoms with Crippen molar-refractivity contribution in [3.05, 3.63) is 77.6 Å². The number of hydrogen-bond acceptors (Lipinski definition) is 2. The minimum absolute atomic E-state index is 0.225. The Labute approximate surface area is 130 Å². The summed E-state index contributed by atoms with van der Waals surface area (Å²) in [5, 5.41) is 0. The van der Waals surface area contributed by atoms with Crippen LogP contribution in [0.15, 0.2) is 60.7 Å². The fourth-order valence-electron chi connectivity index (χ4n) is 2.43. The number of benzene rings is 2. The van der Waals surface area contributed by atoms with Gasteiger partial charge in [0.25, 0.3) is 0 Å². The number of allylic oxidation sites excluding steroid dienone is 1. The lowest BCUT2D eigenvalue weighted by molar-refractivity contribution is 0.0641. The van der Waals surface area contributed by atoms with Crippen molar-refractivity contribution in [3.8, 4) is 0 Å². The Kier molecular flexibility index (Phi) is 4.86. The first-order chi connectivity index (χ1) is 10.8. The summed E-state index contributed by atoms with van der Waals surface area (Å²) in [4.78, 5) is 5.62. The van der Waals surface area contributed by atoms with E-state index in [0.29, 0.717) is 12.5 Å². The van der Waals surface area contributed by atoms with Gasteiger partial charge in [-0.15, -0.1) is 0 Å². The van der Waals surface area contributed by atoms with Gasteiger partial charge in [-0.3, -0.25) is 10.3 Å². The third kappa shape index (κ3) is 3.95. The highest BCUT2D eigenvalue weighted by Gasteiger charge is 2.16. The molecule has 0 unspecified atom stereocenters. The number of hydroxylamine groups is 1. The molecule has 3 rings (SSSR count). The lowest BCUT2D eigenvalue weighted by Crippen LogP contribution is -2.16. The van der Waals surface area contributed by atoms with Crippen LogP contribution in [0.25, 0.3) is 5.70 Å². The Hall–Kier alpha value is -2.13. The van der Waals surface area contributed by atoms with Crippen LogP contribution in [0.1, 0.15) is 30.4 Å². The number of halogens is 1. The van der Waals surface area contributed by atoms with E-state index in [4.69, 9.17) is 4.84 Å². The van der Waals surface area contributed by atoms with Crippen LogP contribution in [0.3, 0.4) is 0 Å². The van der Waals surface area contributed by atoms with E-state index in [9.17, 15) is 4.39 Å². The van der Waals surface area contributed by atoms with Crippen molar-refractivity contribution in [2.75, 3.05) is 0 Å². The third-order valence-electron chi connectivity index (χ3n) is 3.97. The summed E-state index contributed by atoms with van der Waals surface area (Å²) in [5.41, 5.74) is 6.01. The quantitative estimate of drug-likeness (QED) is 0.781. The first kappa shape index (κ1) is 14.8. The van der Waals surface area contributed by atoms with E-state index in [1.165, 1.54) is 31.4 Å². The summed E-state index contributed by atoms with van der Waals surface area (Å²) in [6, 6.07) is 16.5. The second-order valence-corrected chi connectivity index (χ2v) is 5.65. The number of hydrogen-bond donors (Lipinski definition) is 1. The van der Waals surface area contributed by atoms with Gasteiger partial charge in [0.15, 0.2) is 0 Å². The van der Waals surface area contributed by atoms with Crippen molar-refractivity contribution in [1.29, 1.82) is 0 Å². The van der Waals surface area contributed by atoms with Gasteiger partial charge in [-0.1, -0.05) is 42.8 Å². The maximum Gasteiger partial charge on any atom is 0.123 e. The first-order valence-electron chi connectivity index (χ1n) is 7.71. The van der Waals surface area contributed by atoms with Crippen molar-refractivity contribution < 1.29 is 9.23 Å². The van der Waals surface area contributed by atoms with Crippen LogP contribution in [-0.4, -0.2) is 0 Å². The summed E-state index contributed by atoms with van der Waals surface area (Å²) >= 11 is 0. The summed E-state index contributed by atoms with van der Waals surface area (Å²) < 4.78 is 13.1. The van der Waals surface area contributed by atoms with E-state index in [2.05, 4.69) is 11.6 Å². The molecule has 3 heteroatoms. The Bertz CT molecular complexity index is 618. The van der Waals surface area contributed by atoms with Crippen molar-refractivity contribution >= 4 is 5.70 Å². The molecule has 0 aromatic heterocycles. The van der Waals surface area contributed by atoms with Crippen LogP contribution in [0.5, 0.6) is 0 Å². The Balaban J connectivity index is 1.66.